The molecular weight excluding hydrogens is 378 g/mol. The Morgan fingerprint density at radius 3 is 2.67 bits per heavy atom. The van der Waals surface area contributed by atoms with Gasteiger partial charge in [-0.1, -0.05) is 42.5 Å². The zero-order valence-corrected chi connectivity index (χ0v) is 16.8. The van der Waals surface area contributed by atoms with E-state index in [1.807, 2.05) is 59.5 Å². The minimum atomic E-state index is -0.330. The number of furan rings is 1. The van der Waals surface area contributed by atoms with E-state index in [4.69, 9.17) is 4.42 Å². The smallest absolute Gasteiger partial charge is 0.297 e. The number of carbonyl (C=O) groups excluding carboxylic acids is 1. The first kappa shape index (κ1) is 18.6. The Morgan fingerprint density at radius 1 is 1.17 bits per heavy atom. The van der Waals surface area contributed by atoms with Gasteiger partial charge in [0.2, 0.25) is 11.5 Å². The molecule has 6 nitrogen and oxygen atoms in total. The summed E-state index contributed by atoms with van der Waals surface area (Å²) < 4.78 is 7.09. The highest BCUT2D eigenvalue weighted by atomic mass is 16.3. The fourth-order valence-electron chi connectivity index (χ4n) is 4.04. The van der Waals surface area contributed by atoms with E-state index in [9.17, 15) is 9.59 Å². The van der Waals surface area contributed by atoms with Gasteiger partial charge in [0.15, 0.2) is 0 Å². The molecule has 6 heteroatoms. The molecule has 4 aromatic rings. The second-order valence-electron chi connectivity index (χ2n) is 8.04. The molecule has 0 aliphatic heterocycles. The monoisotopic (exact) mass is 401 g/mol. The van der Waals surface area contributed by atoms with Crippen molar-refractivity contribution in [2.45, 2.75) is 38.9 Å². The van der Waals surface area contributed by atoms with Crippen LogP contribution >= 0.6 is 0 Å². The average Bonchev–Trinajstić information content (AvgIpc) is 3.55. The third kappa shape index (κ3) is 3.38. The Kier molecular flexibility index (Phi) is 4.62. The van der Waals surface area contributed by atoms with Crippen LogP contribution in [0.25, 0.3) is 22.1 Å². The number of fused-ring (bicyclic) bond motifs is 3. The first-order valence-electron chi connectivity index (χ1n) is 10.3. The number of aromatic nitrogens is 2. The summed E-state index contributed by atoms with van der Waals surface area (Å²) in [6.07, 6.45) is 3.74. The van der Waals surface area contributed by atoms with Crippen molar-refractivity contribution in [1.82, 2.24) is 14.5 Å². The number of rotatable bonds is 6. The molecule has 30 heavy (non-hydrogen) atoms. The largest absolute Gasteiger partial charge is 0.448 e. The lowest BCUT2D eigenvalue weighted by Gasteiger charge is -2.30. The van der Waals surface area contributed by atoms with Crippen LogP contribution in [0.2, 0.25) is 0 Å². The van der Waals surface area contributed by atoms with E-state index in [0.717, 1.165) is 23.8 Å². The molecule has 2 aromatic heterocycles. The molecule has 0 saturated heterocycles. The van der Waals surface area contributed by atoms with E-state index in [-0.39, 0.29) is 29.6 Å². The van der Waals surface area contributed by atoms with Crippen molar-refractivity contribution in [3.05, 3.63) is 76.8 Å². The van der Waals surface area contributed by atoms with Crippen molar-refractivity contribution in [1.29, 1.82) is 0 Å². The molecule has 0 radical (unpaired) electrons. The molecule has 1 atom stereocenters. The molecule has 1 aliphatic carbocycles. The summed E-state index contributed by atoms with van der Waals surface area (Å²) in [7, 11) is 0. The first-order chi connectivity index (χ1) is 14.6. The molecule has 1 unspecified atom stereocenters. The molecule has 152 valence electrons. The molecule has 1 fully saturated rings. The maximum atomic E-state index is 13.3. The zero-order chi connectivity index (χ0) is 20.7. The van der Waals surface area contributed by atoms with Crippen molar-refractivity contribution < 1.29 is 9.21 Å². The van der Waals surface area contributed by atoms with E-state index >= 15 is 0 Å². The standard InChI is InChI=1S/C24H23N3O3/c1-16(18-11-12-18)27(13-17-7-3-2-4-8-17)21(28)14-26-15-25-22-19-9-5-6-10-20(19)30-23(22)24(26)29/h2-10,15-16,18H,11-14H2,1H3. The van der Waals surface area contributed by atoms with Gasteiger partial charge in [0.05, 0.1) is 6.33 Å². The molecule has 0 N–H and O–H groups in total. The highest BCUT2D eigenvalue weighted by Crippen LogP contribution is 2.35. The van der Waals surface area contributed by atoms with Crippen molar-refractivity contribution in [3.63, 3.8) is 0 Å². The van der Waals surface area contributed by atoms with Crippen LogP contribution in [0, 0.1) is 5.92 Å². The lowest BCUT2D eigenvalue weighted by molar-refractivity contribution is -0.135. The summed E-state index contributed by atoms with van der Waals surface area (Å²) in [6, 6.07) is 17.5. The van der Waals surface area contributed by atoms with Gasteiger partial charge in [0.25, 0.3) is 5.56 Å². The van der Waals surface area contributed by atoms with Crippen LogP contribution in [-0.2, 0) is 17.9 Å². The lowest BCUT2D eigenvalue weighted by atomic mass is 10.1. The summed E-state index contributed by atoms with van der Waals surface area (Å²) in [5.41, 5.74) is 2.09. The quantitative estimate of drug-likeness (QED) is 0.490. The van der Waals surface area contributed by atoms with Crippen molar-refractivity contribution >= 4 is 28.0 Å². The Morgan fingerprint density at radius 2 is 1.90 bits per heavy atom. The summed E-state index contributed by atoms with van der Waals surface area (Å²) in [6.45, 7) is 2.58. The van der Waals surface area contributed by atoms with E-state index in [0.29, 0.717) is 23.6 Å². The normalized spacial score (nSPS) is 14.8. The number of nitrogens with zero attached hydrogens (tertiary/aromatic N) is 3. The number of hydrogen-bond acceptors (Lipinski definition) is 4. The van der Waals surface area contributed by atoms with Gasteiger partial charge in [0, 0.05) is 18.0 Å². The van der Waals surface area contributed by atoms with Gasteiger partial charge in [-0.05, 0) is 43.4 Å². The third-order valence-electron chi connectivity index (χ3n) is 5.97. The Bertz CT molecular complexity index is 1270. The fourth-order valence-corrected chi connectivity index (χ4v) is 4.04. The topological polar surface area (TPSA) is 68.3 Å². The number of benzene rings is 2. The van der Waals surface area contributed by atoms with Crippen LogP contribution in [0.3, 0.4) is 0 Å². The lowest BCUT2D eigenvalue weighted by Crippen LogP contribution is -2.42. The minimum Gasteiger partial charge on any atom is -0.448 e. The van der Waals surface area contributed by atoms with Gasteiger partial charge in [-0.2, -0.15) is 0 Å². The number of amides is 1. The zero-order valence-electron chi connectivity index (χ0n) is 16.8. The van der Waals surface area contributed by atoms with Crippen LogP contribution in [0.5, 0.6) is 0 Å². The number of carbonyl (C=O) groups is 1. The SMILES string of the molecule is CC(C1CC1)N(Cc1ccccc1)C(=O)Cn1cnc2c(oc3ccccc32)c1=O. The summed E-state index contributed by atoms with van der Waals surface area (Å²) >= 11 is 0. The van der Waals surface area contributed by atoms with Crippen molar-refractivity contribution in [3.8, 4) is 0 Å². The highest BCUT2D eigenvalue weighted by molar-refractivity contribution is 6.01. The second-order valence-corrected chi connectivity index (χ2v) is 8.04. The molecule has 2 aromatic carbocycles. The molecule has 5 rings (SSSR count). The number of para-hydroxylation sites is 1. The van der Waals surface area contributed by atoms with Crippen molar-refractivity contribution in [2.24, 2.45) is 5.92 Å². The van der Waals surface area contributed by atoms with E-state index in [1.165, 1.54) is 10.9 Å². The maximum Gasteiger partial charge on any atom is 0.297 e. The summed E-state index contributed by atoms with van der Waals surface area (Å²) in [5.74, 6) is 0.447. The van der Waals surface area contributed by atoms with Gasteiger partial charge in [-0.15, -0.1) is 0 Å². The highest BCUT2D eigenvalue weighted by Gasteiger charge is 2.34. The first-order valence-corrected chi connectivity index (χ1v) is 10.3. The van der Waals surface area contributed by atoms with Gasteiger partial charge in [-0.3, -0.25) is 14.2 Å². The molecule has 0 bridgehead atoms. The Labute approximate surface area is 173 Å². The van der Waals surface area contributed by atoms with Gasteiger partial charge in [-0.25, -0.2) is 4.98 Å². The number of hydrogen-bond donors (Lipinski definition) is 0. The van der Waals surface area contributed by atoms with Gasteiger partial charge in [0.1, 0.15) is 17.6 Å². The second kappa shape index (κ2) is 7.44. The van der Waals surface area contributed by atoms with E-state index in [1.54, 1.807) is 0 Å². The van der Waals surface area contributed by atoms with E-state index < -0.39 is 0 Å². The Balaban J connectivity index is 1.46. The molecule has 1 aliphatic rings. The Hall–Kier alpha value is -3.41. The van der Waals surface area contributed by atoms with Crippen LogP contribution in [0.15, 0.2) is 70.1 Å². The van der Waals surface area contributed by atoms with Crippen LogP contribution in [-0.4, -0.2) is 26.4 Å². The predicted octanol–water partition coefficient (Wildman–Crippen LogP) is 3.97. The third-order valence-corrected chi connectivity index (χ3v) is 5.97. The van der Waals surface area contributed by atoms with Crippen molar-refractivity contribution in [2.75, 3.05) is 0 Å². The molecule has 2 heterocycles. The molecular formula is C24H23N3O3. The molecule has 1 saturated carbocycles. The predicted molar refractivity (Wildman–Crippen MR) is 115 cm³/mol. The maximum absolute atomic E-state index is 13.3. The summed E-state index contributed by atoms with van der Waals surface area (Å²) in [4.78, 5) is 32.6. The van der Waals surface area contributed by atoms with Gasteiger partial charge < -0.3 is 9.32 Å². The minimum absolute atomic E-state index is 0.0529. The average molecular weight is 401 g/mol. The fraction of sp³-hybridized carbons (Fsp3) is 0.292. The summed E-state index contributed by atoms with van der Waals surface area (Å²) in [5, 5.41) is 0.802. The van der Waals surface area contributed by atoms with Gasteiger partial charge >= 0.3 is 0 Å². The molecule has 0 spiro atoms. The van der Waals surface area contributed by atoms with Crippen LogP contribution in [0.1, 0.15) is 25.3 Å². The van der Waals surface area contributed by atoms with Crippen LogP contribution < -0.4 is 5.56 Å². The van der Waals surface area contributed by atoms with Crippen LogP contribution in [0.4, 0.5) is 0 Å². The van der Waals surface area contributed by atoms with E-state index in [2.05, 4.69) is 11.9 Å². The molecule has 1 amide bonds.